The van der Waals surface area contributed by atoms with Gasteiger partial charge in [0.25, 0.3) is 0 Å². The molecule has 1 heterocycles. The monoisotopic (exact) mass is 385 g/mol. The van der Waals surface area contributed by atoms with Gasteiger partial charge in [0.1, 0.15) is 5.82 Å². The molecule has 2 rings (SSSR count). The van der Waals surface area contributed by atoms with Crippen molar-refractivity contribution in [2.75, 3.05) is 46.0 Å². The average Bonchev–Trinajstić information content (AvgIpc) is 2.56. The molecule has 0 aliphatic carbocycles. The summed E-state index contributed by atoms with van der Waals surface area (Å²) in [6, 6.07) is 6.75. The molecule has 2 atom stereocenters. The zero-order valence-corrected chi connectivity index (χ0v) is 17.2. The quantitative estimate of drug-likeness (QED) is 0.687. The number of nitrogens with zero attached hydrogens (tertiary/aromatic N) is 3. The van der Waals surface area contributed by atoms with Crippen molar-refractivity contribution < 1.29 is 12.8 Å². The van der Waals surface area contributed by atoms with E-state index < -0.39 is 10.0 Å². The Bertz CT molecular complexity index is 669. The molecule has 7 heteroatoms. The fourth-order valence-electron chi connectivity index (χ4n) is 3.61. The predicted molar refractivity (Wildman–Crippen MR) is 104 cm³/mol. The van der Waals surface area contributed by atoms with Gasteiger partial charge in [0, 0.05) is 31.7 Å². The molecule has 2 unspecified atom stereocenters. The summed E-state index contributed by atoms with van der Waals surface area (Å²) in [6.07, 6.45) is 1.28. The van der Waals surface area contributed by atoms with Crippen LogP contribution < -0.4 is 0 Å². The topological polar surface area (TPSA) is 43.9 Å². The van der Waals surface area contributed by atoms with E-state index in [1.54, 1.807) is 22.5 Å². The van der Waals surface area contributed by atoms with Gasteiger partial charge in [-0.1, -0.05) is 18.2 Å². The van der Waals surface area contributed by atoms with Crippen LogP contribution >= 0.6 is 0 Å². The molecule has 1 aliphatic rings. The second kappa shape index (κ2) is 9.26. The van der Waals surface area contributed by atoms with Crippen molar-refractivity contribution in [3.8, 4) is 0 Å². The zero-order chi connectivity index (χ0) is 19.3. The van der Waals surface area contributed by atoms with Gasteiger partial charge < -0.3 is 4.90 Å². The summed E-state index contributed by atoms with van der Waals surface area (Å²) in [4.78, 5) is 4.56. The van der Waals surface area contributed by atoms with Gasteiger partial charge in [-0.15, -0.1) is 0 Å². The first-order valence-electron chi connectivity index (χ1n) is 9.32. The summed E-state index contributed by atoms with van der Waals surface area (Å²) in [5.41, 5.74) is 0.458. The fraction of sp³-hybridized carbons (Fsp3) is 0.684. The highest BCUT2D eigenvalue weighted by molar-refractivity contribution is 7.89. The molecule has 26 heavy (non-hydrogen) atoms. The zero-order valence-electron chi connectivity index (χ0n) is 16.4. The summed E-state index contributed by atoms with van der Waals surface area (Å²) in [7, 11) is 0.735. The van der Waals surface area contributed by atoms with Gasteiger partial charge in [-0.05, 0) is 59.0 Å². The molecule has 0 bridgehead atoms. The SMILES string of the molecule is CC1CN(S(=O)(=O)CCc2ccccc2F)CC(C)N1CCCN(C)C. The number of rotatable bonds is 8. The normalized spacial score (nSPS) is 22.8. The lowest BCUT2D eigenvalue weighted by Gasteiger charge is -2.44. The fourth-order valence-corrected chi connectivity index (χ4v) is 5.24. The Kier molecular flexibility index (Phi) is 7.58. The molecule has 0 N–H and O–H groups in total. The van der Waals surface area contributed by atoms with Crippen LogP contribution in [0, 0.1) is 5.82 Å². The molecule has 0 aromatic heterocycles. The van der Waals surface area contributed by atoms with Crippen molar-refractivity contribution in [3.63, 3.8) is 0 Å². The van der Waals surface area contributed by atoms with Crippen molar-refractivity contribution >= 4 is 10.0 Å². The summed E-state index contributed by atoms with van der Waals surface area (Å²) < 4.78 is 40.8. The van der Waals surface area contributed by atoms with Crippen LogP contribution in [-0.4, -0.2) is 80.6 Å². The van der Waals surface area contributed by atoms with Crippen LogP contribution in [0.15, 0.2) is 24.3 Å². The average molecular weight is 386 g/mol. The molecule has 0 radical (unpaired) electrons. The smallest absolute Gasteiger partial charge is 0.214 e. The third-order valence-electron chi connectivity index (χ3n) is 5.07. The number of benzene rings is 1. The minimum Gasteiger partial charge on any atom is -0.309 e. The highest BCUT2D eigenvalue weighted by atomic mass is 32.2. The summed E-state index contributed by atoms with van der Waals surface area (Å²) >= 11 is 0. The van der Waals surface area contributed by atoms with Crippen LogP contribution in [-0.2, 0) is 16.4 Å². The largest absolute Gasteiger partial charge is 0.309 e. The first-order chi connectivity index (χ1) is 12.2. The van der Waals surface area contributed by atoms with Crippen LogP contribution in [0.4, 0.5) is 4.39 Å². The van der Waals surface area contributed by atoms with Crippen molar-refractivity contribution in [3.05, 3.63) is 35.6 Å². The standard InChI is InChI=1S/C19H32FN3O2S/c1-16-14-22(15-17(2)23(16)12-7-11-21(3)4)26(24,25)13-10-18-8-5-6-9-19(18)20/h5-6,8-9,16-17H,7,10-15H2,1-4H3. The molecule has 5 nitrogen and oxygen atoms in total. The number of hydrogen-bond acceptors (Lipinski definition) is 4. The number of piperazine rings is 1. The van der Waals surface area contributed by atoms with E-state index in [-0.39, 0.29) is 30.1 Å². The molecule has 1 saturated heterocycles. The summed E-state index contributed by atoms with van der Waals surface area (Å²) in [5, 5.41) is 0. The van der Waals surface area contributed by atoms with Crippen LogP contribution in [0.3, 0.4) is 0 Å². The maximum Gasteiger partial charge on any atom is 0.214 e. The Balaban J connectivity index is 1.93. The third kappa shape index (κ3) is 5.74. The molecule has 1 aromatic rings. The van der Waals surface area contributed by atoms with Gasteiger partial charge in [-0.2, -0.15) is 4.31 Å². The Morgan fingerprint density at radius 3 is 2.35 bits per heavy atom. The van der Waals surface area contributed by atoms with Crippen molar-refractivity contribution in [1.82, 2.24) is 14.1 Å². The maximum absolute atomic E-state index is 13.7. The van der Waals surface area contributed by atoms with Gasteiger partial charge in [0.05, 0.1) is 5.75 Å². The molecule has 1 fully saturated rings. The minimum absolute atomic E-state index is 0.0476. The van der Waals surface area contributed by atoms with E-state index >= 15 is 0 Å². The van der Waals surface area contributed by atoms with Gasteiger partial charge in [-0.3, -0.25) is 4.90 Å². The van der Waals surface area contributed by atoms with Crippen molar-refractivity contribution in [2.45, 2.75) is 38.8 Å². The van der Waals surface area contributed by atoms with E-state index in [0.717, 1.165) is 19.5 Å². The van der Waals surface area contributed by atoms with Gasteiger partial charge in [0.15, 0.2) is 0 Å². The Morgan fingerprint density at radius 2 is 1.77 bits per heavy atom. The molecule has 1 aliphatic heterocycles. The molecular formula is C19H32FN3O2S. The van der Waals surface area contributed by atoms with E-state index in [9.17, 15) is 12.8 Å². The number of sulfonamides is 1. The lowest BCUT2D eigenvalue weighted by Crippen LogP contribution is -2.58. The minimum atomic E-state index is -3.39. The lowest BCUT2D eigenvalue weighted by atomic mass is 10.1. The first-order valence-corrected chi connectivity index (χ1v) is 10.9. The Labute approximate surface area is 157 Å². The summed E-state index contributed by atoms with van der Waals surface area (Å²) in [5.74, 6) is -0.385. The highest BCUT2D eigenvalue weighted by Gasteiger charge is 2.34. The molecular weight excluding hydrogens is 353 g/mol. The van der Waals surface area contributed by atoms with E-state index in [1.807, 2.05) is 0 Å². The molecule has 0 amide bonds. The molecule has 148 valence electrons. The second-order valence-corrected chi connectivity index (χ2v) is 9.66. The van der Waals surface area contributed by atoms with Crippen LogP contribution in [0.25, 0.3) is 0 Å². The lowest BCUT2D eigenvalue weighted by molar-refractivity contribution is 0.0740. The Morgan fingerprint density at radius 1 is 1.15 bits per heavy atom. The van der Waals surface area contributed by atoms with E-state index in [4.69, 9.17) is 0 Å². The predicted octanol–water partition coefficient (Wildman–Crippen LogP) is 2.04. The summed E-state index contributed by atoms with van der Waals surface area (Å²) in [6.45, 7) is 7.19. The number of aryl methyl sites for hydroxylation is 1. The van der Waals surface area contributed by atoms with E-state index in [2.05, 4.69) is 37.7 Å². The van der Waals surface area contributed by atoms with Gasteiger partial charge in [-0.25, -0.2) is 12.8 Å². The van der Waals surface area contributed by atoms with E-state index in [1.165, 1.54) is 6.07 Å². The van der Waals surface area contributed by atoms with E-state index in [0.29, 0.717) is 18.7 Å². The molecule has 1 aromatic carbocycles. The molecule has 0 spiro atoms. The van der Waals surface area contributed by atoms with Crippen LogP contribution in [0.5, 0.6) is 0 Å². The maximum atomic E-state index is 13.7. The highest BCUT2D eigenvalue weighted by Crippen LogP contribution is 2.20. The van der Waals surface area contributed by atoms with Crippen molar-refractivity contribution in [2.24, 2.45) is 0 Å². The Hall–Kier alpha value is -1.02. The van der Waals surface area contributed by atoms with Gasteiger partial charge in [0.2, 0.25) is 10.0 Å². The van der Waals surface area contributed by atoms with Crippen LogP contribution in [0.2, 0.25) is 0 Å². The first kappa shape index (κ1) is 21.3. The van der Waals surface area contributed by atoms with Crippen molar-refractivity contribution in [1.29, 1.82) is 0 Å². The number of hydrogen-bond donors (Lipinski definition) is 0. The number of halogens is 1. The second-order valence-electron chi connectivity index (χ2n) is 7.57. The molecule has 0 saturated carbocycles. The van der Waals surface area contributed by atoms with Crippen LogP contribution in [0.1, 0.15) is 25.8 Å². The van der Waals surface area contributed by atoms with Gasteiger partial charge >= 0.3 is 0 Å². The third-order valence-corrected chi connectivity index (χ3v) is 6.88.